The largest absolute Gasteiger partial charge is 0.366 e. The molecule has 4 rings (SSSR count). The summed E-state index contributed by atoms with van der Waals surface area (Å²) >= 11 is 11.8. The molecule has 0 radical (unpaired) electrons. The maximum atomic E-state index is 11.0. The highest BCUT2D eigenvalue weighted by molar-refractivity contribution is 6.31. The van der Waals surface area contributed by atoms with Gasteiger partial charge in [0, 0.05) is 22.2 Å². The molecule has 0 fully saturated rings. The number of rotatable bonds is 4. The van der Waals surface area contributed by atoms with Crippen LogP contribution in [0.5, 0.6) is 0 Å². The monoisotopic (exact) mass is 448 g/mol. The molecule has 1 amide bonds. The maximum Gasteiger partial charge on any atom is 0.248 e. The quantitative estimate of drug-likeness (QED) is 0.370. The maximum absolute atomic E-state index is 11.0. The van der Waals surface area contributed by atoms with Crippen LogP contribution in [-0.2, 0) is 6.54 Å². The third-order valence-corrected chi connectivity index (χ3v) is 5.10. The van der Waals surface area contributed by atoms with E-state index in [9.17, 15) is 4.79 Å². The van der Waals surface area contributed by atoms with Crippen molar-refractivity contribution >= 4 is 29.1 Å². The van der Waals surface area contributed by atoms with Crippen LogP contribution in [0.4, 0.5) is 0 Å². The molecule has 0 aromatic heterocycles. The second kappa shape index (κ2) is 10.8. The molecule has 4 N–H and O–H groups in total. The fourth-order valence-corrected chi connectivity index (χ4v) is 3.45. The second-order valence-corrected chi connectivity index (χ2v) is 7.74. The fourth-order valence-electron chi connectivity index (χ4n) is 3.07. The number of halogens is 2. The van der Waals surface area contributed by atoms with Gasteiger partial charge in [-0.2, -0.15) is 0 Å². The van der Waals surface area contributed by atoms with E-state index in [0.29, 0.717) is 17.1 Å². The molecule has 0 aliphatic rings. The lowest BCUT2D eigenvalue weighted by Crippen LogP contribution is -2.10. The Balaban J connectivity index is 0.000000176. The van der Waals surface area contributed by atoms with Gasteiger partial charge >= 0.3 is 0 Å². The lowest BCUT2D eigenvalue weighted by Gasteiger charge is -2.04. The Morgan fingerprint density at radius 3 is 1.58 bits per heavy atom. The van der Waals surface area contributed by atoms with Crippen LogP contribution in [0.2, 0.25) is 10.0 Å². The predicted octanol–water partition coefficient (Wildman–Crippen LogP) is 6.57. The van der Waals surface area contributed by atoms with Gasteiger partial charge in [0.2, 0.25) is 5.91 Å². The van der Waals surface area contributed by atoms with Crippen molar-refractivity contribution in [1.29, 1.82) is 0 Å². The second-order valence-electron chi connectivity index (χ2n) is 6.87. The molecule has 0 heterocycles. The summed E-state index contributed by atoms with van der Waals surface area (Å²) in [5, 5.41) is 1.42. The first-order valence-electron chi connectivity index (χ1n) is 9.67. The lowest BCUT2D eigenvalue weighted by atomic mass is 10.0. The number of carbonyl (C=O) groups excluding carboxylic acids is 1. The van der Waals surface area contributed by atoms with Crippen molar-refractivity contribution in [1.82, 2.24) is 0 Å². The van der Waals surface area contributed by atoms with Gasteiger partial charge in [-0.3, -0.25) is 4.79 Å². The van der Waals surface area contributed by atoms with Crippen molar-refractivity contribution in [3.8, 4) is 22.3 Å². The zero-order valence-corrected chi connectivity index (χ0v) is 18.3. The first kappa shape index (κ1) is 22.6. The van der Waals surface area contributed by atoms with Crippen molar-refractivity contribution in [2.75, 3.05) is 0 Å². The van der Waals surface area contributed by atoms with Crippen LogP contribution in [-0.4, -0.2) is 5.91 Å². The molecular formula is C26H22Cl2N2O. The van der Waals surface area contributed by atoms with Crippen molar-refractivity contribution in [3.63, 3.8) is 0 Å². The summed E-state index contributed by atoms with van der Waals surface area (Å²) in [7, 11) is 0. The molecule has 0 bridgehead atoms. The van der Waals surface area contributed by atoms with Crippen molar-refractivity contribution in [2.45, 2.75) is 6.54 Å². The molecule has 0 unspecified atom stereocenters. The summed E-state index contributed by atoms with van der Waals surface area (Å²) in [5.74, 6) is -0.427. The van der Waals surface area contributed by atoms with E-state index < -0.39 is 5.91 Å². The van der Waals surface area contributed by atoms with E-state index in [1.807, 2.05) is 66.7 Å². The molecule has 156 valence electrons. The molecule has 0 aliphatic heterocycles. The standard InChI is InChI=1S/C13H10ClNO.C13H12ClN/c14-12-6-2-4-10(8-12)9-3-1-5-11(7-9)13(15)16;14-13-6-2-5-12(8-13)11-4-1-3-10(7-11)9-15/h1-8H,(H2,15,16);1-8H,9,15H2. The van der Waals surface area contributed by atoms with Crippen molar-refractivity contribution in [2.24, 2.45) is 11.5 Å². The van der Waals surface area contributed by atoms with Crippen LogP contribution in [0.15, 0.2) is 97.1 Å². The van der Waals surface area contributed by atoms with Gasteiger partial charge in [-0.1, -0.05) is 77.8 Å². The predicted molar refractivity (Wildman–Crippen MR) is 130 cm³/mol. The van der Waals surface area contributed by atoms with E-state index in [1.54, 1.807) is 18.2 Å². The topological polar surface area (TPSA) is 69.1 Å². The molecule has 0 aliphatic carbocycles. The number of hydrogen-bond acceptors (Lipinski definition) is 2. The van der Waals surface area contributed by atoms with E-state index in [4.69, 9.17) is 34.7 Å². The molecule has 4 aromatic carbocycles. The van der Waals surface area contributed by atoms with Crippen molar-refractivity contribution in [3.05, 3.63) is 118 Å². The zero-order chi connectivity index (χ0) is 22.2. The molecule has 0 atom stereocenters. The highest BCUT2D eigenvalue weighted by Crippen LogP contribution is 2.24. The Morgan fingerprint density at radius 1 is 0.645 bits per heavy atom. The smallest absolute Gasteiger partial charge is 0.248 e. The Labute approximate surface area is 192 Å². The molecule has 3 nitrogen and oxygen atoms in total. The van der Waals surface area contributed by atoms with Gasteiger partial charge in [-0.25, -0.2) is 0 Å². The molecule has 4 aromatic rings. The van der Waals surface area contributed by atoms with Gasteiger partial charge in [0.05, 0.1) is 0 Å². The Bertz CT molecular complexity index is 1190. The van der Waals surface area contributed by atoms with E-state index >= 15 is 0 Å². The zero-order valence-electron chi connectivity index (χ0n) is 16.8. The minimum atomic E-state index is -0.427. The molecule has 5 heteroatoms. The number of hydrogen-bond donors (Lipinski definition) is 2. The first-order chi connectivity index (χ1) is 15.0. The lowest BCUT2D eigenvalue weighted by molar-refractivity contribution is 0.100. The van der Waals surface area contributed by atoms with Gasteiger partial charge < -0.3 is 11.5 Å². The molecule has 0 spiro atoms. The Morgan fingerprint density at radius 2 is 1.10 bits per heavy atom. The number of benzene rings is 4. The average molecular weight is 449 g/mol. The first-order valence-corrected chi connectivity index (χ1v) is 10.4. The SMILES string of the molecule is NC(=O)c1cccc(-c2cccc(Cl)c2)c1.NCc1cccc(-c2cccc(Cl)c2)c1. The minimum absolute atomic E-state index is 0.427. The third-order valence-electron chi connectivity index (χ3n) is 4.63. The molecular weight excluding hydrogens is 427 g/mol. The van der Waals surface area contributed by atoms with Gasteiger partial charge in [0.25, 0.3) is 0 Å². The van der Waals surface area contributed by atoms with E-state index in [0.717, 1.165) is 32.8 Å². The normalized spacial score (nSPS) is 10.2. The van der Waals surface area contributed by atoms with Crippen LogP contribution in [0.25, 0.3) is 22.3 Å². The van der Waals surface area contributed by atoms with Gasteiger partial charge in [0.1, 0.15) is 0 Å². The summed E-state index contributed by atoms with van der Waals surface area (Å²) in [6.45, 7) is 0.564. The van der Waals surface area contributed by atoms with Crippen LogP contribution in [0.1, 0.15) is 15.9 Å². The Kier molecular flexibility index (Phi) is 7.85. The van der Waals surface area contributed by atoms with Gasteiger partial charge in [0.15, 0.2) is 0 Å². The molecule has 31 heavy (non-hydrogen) atoms. The van der Waals surface area contributed by atoms with Crippen LogP contribution < -0.4 is 11.5 Å². The number of amides is 1. The van der Waals surface area contributed by atoms with E-state index in [2.05, 4.69) is 12.1 Å². The number of primary amides is 1. The summed E-state index contributed by atoms with van der Waals surface area (Å²) < 4.78 is 0. The van der Waals surface area contributed by atoms with Gasteiger partial charge in [-0.15, -0.1) is 0 Å². The highest BCUT2D eigenvalue weighted by atomic mass is 35.5. The minimum Gasteiger partial charge on any atom is -0.366 e. The fraction of sp³-hybridized carbons (Fsp3) is 0.0385. The summed E-state index contributed by atoms with van der Waals surface area (Å²) in [6.07, 6.45) is 0. The highest BCUT2D eigenvalue weighted by Gasteiger charge is 2.03. The number of carbonyl (C=O) groups is 1. The Hall–Kier alpha value is -3.11. The third kappa shape index (κ3) is 6.43. The average Bonchev–Trinajstić information content (AvgIpc) is 2.79. The van der Waals surface area contributed by atoms with Crippen molar-refractivity contribution < 1.29 is 4.79 Å². The number of nitrogens with two attached hydrogens (primary N) is 2. The molecule has 0 saturated carbocycles. The van der Waals surface area contributed by atoms with E-state index in [-0.39, 0.29) is 0 Å². The summed E-state index contributed by atoms with van der Waals surface area (Å²) in [5.41, 5.74) is 16.6. The van der Waals surface area contributed by atoms with Crippen LogP contribution in [0, 0.1) is 0 Å². The van der Waals surface area contributed by atoms with Gasteiger partial charge in [-0.05, 0) is 70.3 Å². The van der Waals surface area contributed by atoms with E-state index in [1.165, 1.54) is 0 Å². The van der Waals surface area contributed by atoms with Crippen LogP contribution >= 0.6 is 23.2 Å². The summed E-state index contributed by atoms with van der Waals surface area (Å²) in [6, 6.07) is 30.6. The molecule has 0 saturated heterocycles. The van der Waals surface area contributed by atoms with Crippen LogP contribution in [0.3, 0.4) is 0 Å². The summed E-state index contributed by atoms with van der Waals surface area (Å²) in [4.78, 5) is 11.0.